The van der Waals surface area contributed by atoms with Crippen molar-refractivity contribution in [1.29, 1.82) is 0 Å². The van der Waals surface area contributed by atoms with Crippen molar-refractivity contribution in [3.63, 3.8) is 0 Å². The van der Waals surface area contributed by atoms with Crippen LogP contribution in [0.5, 0.6) is 0 Å². The van der Waals surface area contributed by atoms with Gasteiger partial charge in [0.2, 0.25) is 0 Å². The van der Waals surface area contributed by atoms with Gasteiger partial charge in [-0.1, -0.05) is 75.3 Å². The summed E-state index contributed by atoms with van der Waals surface area (Å²) in [4.78, 5) is 37.0. The molecule has 1 amide bonds. The average molecular weight is 624 g/mol. The first-order valence-corrected chi connectivity index (χ1v) is 18.1. The van der Waals surface area contributed by atoms with Crippen molar-refractivity contribution in [2.24, 2.45) is 21.8 Å². The first-order chi connectivity index (χ1) is 22.4. The van der Waals surface area contributed by atoms with Crippen molar-refractivity contribution in [3.05, 3.63) is 81.6 Å². The van der Waals surface area contributed by atoms with Crippen LogP contribution in [0.1, 0.15) is 121 Å². The van der Waals surface area contributed by atoms with E-state index in [1.54, 1.807) is 0 Å². The van der Waals surface area contributed by atoms with Crippen molar-refractivity contribution in [2.45, 2.75) is 117 Å². The number of allylic oxidation sites excluding steroid dienone is 7. The van der Waals surface area contributed by atoms with Gasteiger partial charge in [0, 0.05) is 5.57 Å². The van der Waals surface area contributed by atoms with E-state index in [0.717, 1.165) is 63.4 Å². The van der Waals surface area contributed by atoms with Gasteiger partial charge in [-0.05, 0) is 151 Å². The molecule has 0 spiro atoms. The lowest BCUT2D eigenvalue weighted by Crippen LogP contribution is -2.28. The minimum Gasteiger partial charge on any atom is -0.304 e. The number of aryl methyl sites for hydroxylation is 1. The molecule has 5 nitrogen and oxygen atoms in total. The quantitative estimate of drug-likeness (QED) is 0.148. The van der Waals surface area contributed by atoms with E-state index >= 15 is 0 Å². The number of hydrogen-bond donors (Lipinski definition) is 0. The molecule has 0 bridgehead atoms. The lowest BCUT2D eigenvalue weighted by atomic mass is 9.77. The Morgan fingerprint density at radius 2 is 1.67 bits per heavy atom. The zero-order valence-electron chi connectivity index (χ0n) is 28.9. The highest BCUT2D eigenvalue weighted by atomic mass is 16.2. The lowest BCUT2D eigenvalue weighted by Gasteiger charge is -2.27. The highest BCUT2D eigenvalue weighted by Gasteiger charge is 2.32. The van der Waals surface area contributed by atoms with Crippen molar-refractivity contribution >= 4 is 25.1 Å². The number of amides is 1. The Morgan fingerprint density at radius 1 is 0.957 bits per heavy atom. The molecule has 1 fully saturated rings. The number of hydrogen-bond acceptors (Lipinski definition) is 4. The molecule has 1 aliphatic heterocycles. The largest absolute Gasteiger partial charge is 0.304 e. The van der Waals surface area contributed by atoms with E-state index in [0.29, 0.717) is 29.5 Å². The average Bonchev–Trinajstić information content (AvgIpc) is 3.05. The van der Waals surface area contributed by atoms with Gasteiger partial charge in [0.25, 0.3) is 5.91 Å². The van der Waals surface area contributed by atoms with Crippen molar-refractivity contribution in [3.8, 4) is 0 Å². The second kappa shape index (κ2) is 18.2. The second-order valence-electron chi connectivity index (χ2n) is 13.6. The number of benzene rings is 1. The molecule has 2 aliphatic carbocycles. The van der Waals surface area contributed by atoms with Gasteiger partial charge in [-0.25, -0.2) is 4.99 Å². The van der Waals surface area contributed by atoms with Gasteiger partial charge >= 0.3 is 0 Å². The van der Waals surface area contributed by atoms with Crippen LogP contribution in [0.4, 0.5) is 0 Å². The fraction of sp³-hybridized carbons (Fsp3) is 0.561. The van der Waals surface area contributed by atoms with Crippen LogP contribution in [0.3, 0.4) is 0 Å². The Morgan fingerprint density at radius 3 is 2.33 bits per heavy atom. The molecular weight excluding hydrogens is 566 g/mol. The number of Topliss-reactive ketones (excluding diaryl/α,β-unsaturated/α-hetero) is 1. The molecule has 2 unspecified atom stereocenters. The van der Waals surface area contributed by atoms with Crippen LogP contribution >= 0.6 is 0 Å². The van der Waals surface area contributed by atoms with Gasteiger partial charge in [-0.3, -0.25) is 14.6 Å². The summed E-state index contributed by atoms with van der Waals surface area (Å²) in [5, 5.41) is 0. The minimum absolute atomic E-state index is 0.0412. The second-order valence-corrected chi connectivity index (χ2v) is 13.6. The number of rotatable bonds is 10. The maximum Gasteiger partial charge on any atom is 0.282 e. The summed E-state index contributed by atoms with van der Waals surface area (Å²) in [5.74, 6) is 0.482. The summed E-state index contributed by atoms with van der Waals surface area (Å²) < 4.78 is 0. The Balaban J connectivity index is 1.43. The molecule has 1 heterocycles. The molecule has 4 rings (SSSR count). The fourth-order valence-corrected chi connectivity index (χ4v) is 7.78. The van der Waals surface area contributed by atoms with E-state index in [-0.39, 0.29) is 17.3 Å². The van der Waals surface area contributed by atoms with Gasteiger partial charge in [-0.2, -0.15) is 0 Å². The molecule has 0 N–H and O–H groups in total. The summed E-state index contributed by atoms with van der Waals surface area (Å²) in [6.45, 7) is 17.5. The Labute approximate surface area is 278 Å². The molecule has 1 saturated heterocycles. The van der Waals surface area contributed by atoms with Crippen molar-refractivity contribution in [2.75, 3.05) is 19.6 Å². The molecule has 3 aliphatic rings. The van der Waals surface area contributed by atoms with Crippen LogP contribution in [0.2, 0.25) is 0 Å². The monoisotopic (exact) mass is 623 g/mol. The molecule has 1 aromatic carbocycles. The summed E-state index contributed by atoms with van der Waals surface area (Å²) in [5.41, 5.74) is 6.73. The fourth-order valence-electron chi connectivity index (χ4n) is 7.78. The van der Waals surface area contributed by atoms with Gasteiger partial charge < -0.3 is 4.90 Å². The number of carbonyl (C=O) groups excluding carboxylic acids is 2. The molecule has 248 valence electrons. The predicted molar refractivity (Wildman–Crippen MR) is 194 cm³/mol. The lowest BCUT2D eigenvalue weighted by molar-refractivity contribution is -0.119. The van der Waals surface area contributed by atoms with Crippen LogP contribution in [0.25, 0.3) is 0 Å². The highest BCUT2D eigenvalue weighted by molar-refractivity contribution is 6.28. The first-order valence-electron chi connectivity index (χ1n) is 18.1. The summed E-state index contributed by atoms with van der Waals surface area (Å²) in [6.07, 6.45) is 21.2. The number of aliphatic imine (C=N–C) groups is 2. The summed E-state index contributed by atoms with van der Waals surface area (Å²) in [7, 11) is 0. The van der Waals surface area contributed by atoms with E-state index in [9.17, 15) is 9.59 Å². The third-order valence-electron chi connectivity index (χ3n) is 10.6. The number of fused-ring (bicyclic) bond motifs is 1. The van der Waals surface area contributed by atoms with Gasteiger partial charge in [-0.15, -0.1) is 0 Å². The maximum atomic E-state index is 13.9. The molecule has 0 aromatic heterocycles. The van der Waals surface area contributed by atoms with Crippen molar-refractivity contribution < 1.29 is 9.59 Å². The summed E-state index contributed by atoms with van der Waals surface area (Å²) >= 11 is 0. The Bertz CT molecular complexity index is 1340. The van der Waals surface area contributed by atoms with Crippen molar-refractivity contribution in [1.82, 2.24) is 4.90 Å². The van der Waals surface area contributed by atoms with E-state index < -0.39 is 5.91 Å². The smallest absolute Gasteiger partial charge is 0.282 e. The molecule has 5 heteroatoms. The number of likely N-dealkylation sites (tertiary alicyclic amines) is 1. The maximum absolute atomic E-state index is 13.9. The standard InChI is InChI=1S/C41H57N3O2/c1-6-13-35-25-27-38(42-4)39(41(46)43-5)40(45)37-19-9-8-15-32(30(3)20-26-36(35)37)16-10-14-31-21-23-34(24-22-31)33-17-11-28-44(7-2)29-12-18-33/h15,19,21-24,26,30,33,35H,4-14,16-18,20,25,27-29H2,1-3H3. The zero-order valence-corrected chi connectivity index (χ0v) is 28.9. The number of carbonyl (C=O) groups is 2. The molecule has 2 atom stereocenters. The van der Waals surface area contributed by atoms with Crippen LogP contribution in [0, 0.1) is 11.8 Å². The van der Waals surface area contributed by atoms with Crippen LogP contribution < -0.4 is 0 Å². The third kappa shape index (κ3) is 9.44. The summed E-state index contributed by atoms with van der Waals surface area (Å²) in [6, 6.07) is 9.54. The van der Waals surface area contributed by atoms with Gasteiger partial charge in [0.15, 0.2) is 5.78 Å². The highest BCUT2D eigenvalue weighted by Crippen LogP contribution is 2.38. The normalized spacial score (nSPS) is 22.7. The van der Waals surface area contributed by atoms with Crippen LogP contribution in [-0.2, 0) is 16.0 Å². The molecule has 0 saturated carbocycles. The molecule has 0 radical (unpaired) electrons. The SMILES string of the molecule is C=NC(=O)C1=C(N=C)CCC(CCC)C2=CCC(C)C(CCCc3ccc(C4CCCN(CC)CCC4)cc3)=CCCC=C2C1=O. The molecular formula is C41H57N3O2. The third-order valence-corrected chi connectivity index (χ3v) is 10.6. The van der Waals surface area contributed by atoms with E-state index in [1.165, 1.54) is 62.0 Å². The van der Waals surface area contributed by atoms with Crippen LogP contribution in [0.15, 0.2) is 80.5 Å². The van der Waals surface area contributed by atoms with E-state index in [2.05, 4.69) is 91.6 Å². The Kier molecular flexibility index (Phi) is 14.1. The zero-order chi connectivity index (χ0) is 32.9. The first kappa shape index (κ1) is 35.7. The Hall–Kier alpha value is -3.18. The van der Waals surface area contributed by atoms with Gasteiger partial charge in [0.1, 0.15) is 5.57 Å². The minimum atomic E-state index is -0.604. The van der Waals surface area contributed by atoms with E-state index in [1.807, 2.05) is 0 Å². The number of nitrogens with zero attached hydrogens (tertiary/aromatic N) is 3. The molecule has 46 heavy (non-hydrogen) atoms. The predicted octanol–water partition coefficient (Wildman–Crippen LogP) is 9.55. The number of ketones is 1. The van der Waals surface area contributed by atoms with Gasteiger partial charge in [0.05, 0.1) is 5.70 Å². The topological polar surface area (TPSA) is 62.1 Å². The van der Waals surface area contributed by atoms with E-state index in [4.69, 9.17) is 0 Å². The molecule has 1 aromatic rings. The van der Waals surface area contributed by atoms with Crippen LogP contribution in [-0.4, -0.2) is 49.7 Å².